The molecule has 0 unspecified atom stereocenters. The Bertz CT molecular complexity index is 421. The zero-order chi connectivity index (χ0) is 14.1. The summed E-state index contributed by atoms with van der Waals surface area (Å²) < 4.78 is 5.58. The second kappa shape index (κ2) is 8.64. The van der Waals surface area contributed by atoms with E-state index < -0.39 is 0 Å². The van der Waals surface area contributed by atoms with Gasteiger partial charge >= 0.3 is 0 Å². The van der Waals surface area contributed by atoms with Gasteiger partial charge in [-0.15, -0.1) is 0 Å². The molecule has 0 heterocycles. The summed E-state index contributed by atoms with van der Waals surface area (Å²) in [5.74, 6) is 1.60. The van der Waals surface area contributed by atoms with Crippen molar-refractivity contribution in [1.29, 1.82) is 0 Å². The van der Waals surface area contributed by atoms with E-state index in [0.717, 1.165) is 30.2 Å². The van der Waals surface area contributed by atoms with Crippen molar-refractivity contribution in [2.45, 2.75) is 26.8 Å². The number of benzene rings is 1. The average Bonchev–Trinajstić information content (AvgIpc) is 2.41. The molecule has 1 rings (SSSR count). The highest BCUT2D eigenvalue weighted by Crippen LogP contribution is 2.23. The summed E-state index contributed by atoms with van der Waals surface area (Å²) in [5.41, 5.74) is 1.06. The highest BCUT2D eigenvalue weighted by molar-refractivity contribution is 6.30. The average molecular weight is 284 g/mol. The van der Waals surface area contributed by atoms with E-state index in [2.05, 4.69) is 22.5 Å². The first-order valence-corrected chi connectivity index (χ1v) is 6.94. The second-order valence-corrected chi connectivity index (χ2v) is 4.47. The molecule has 4 nitrogen and oxygen atoms in total. The van der Waals surface area contributed by atoms with Crippen LogP contribution >= 0.6 is 11.6 Å². The van der Waals surface area contributed by atoms with Gasteiger partial charge in [-0.3, -0.25) is 4.99 Å². The molecule has 0 amide bonds. The fourth-order valence-corrected chi connectivity index (χ4v) is 1.77. The quantitative estimate of drug-likeness (QED) is 0.623. The molecule has 5 heteroatoms. The number of rotatable bonds is 6. The van der Waals surface area contributed by atoms with Crippen molar-refractivity contribution < 1.29 is 4.74 Å². The first-order chi connectivity index (χ1) is 9.21. The molecule has 106 valence electrons. The largest absolute Gasteiger partial charge is 0.493 e. The fourth-order valence-electron chi connectivity index (χ4n) is 1.61. The molecule has 0 aliphatic heterocycles. The van der Waals surface area contributed by atoms with Crippen LogP contribution < -0.4 is 15.4 Å². The Morgan fingerprint density at radius 1 is 1.32 bits per heavy atom. The lowest BCUT2D eigenvalue weighted by atomic mass is 10.2. The van der Waals surface area contributed by atoms with Crippen LogP contribution in [0, 0.1) is 0 Å². The molecule has 0 atom stereocenters. The lowest BCUT2D eigenvalue weighted by Crippen LogP contribution is -2.37. The van der Waals surface area contributed by atoms with Gasteiger partial charge in [0.25, 0.3) is 0 Å². The first-order valence-electron chi connectivity index (χ1n) is 6.57. The smallest absolute Gasteiger partial charge is 0.191 e. The number of aliphatic imine (C=N–C) groups is 1. The van der Waals surface area contributed by atoms with Crippen LogP contribution in [-0.4, -0.2) is 26.2 Å². The summed E-state index contributed by atoms with van der Waals surface area (Å²) in [6, 6.07) is 5.67. The van der Waals surface area contributed by atoms with Gasteiger partial charge in [-0.1, -0.05) is 24.6 Å². The van der Waals surface area contributed by atoms with Gasteiger partial charge in [0, 0.05) is 30.7 Å². The Balaban J connectivity index is 2.65. The molecule has 0 aromatic heterocycles. The number of hydrogen-bond donors (Lipinski definition) is 2. The SMILES string of the molecule is CCCNC(=NC)NCc1ccc(Cl)cc1OCC. The summed E-state index contributed by atoms with van der Waals surface area (Å²) in [6.07, 6.45) is 1.06. The zero-order valence-corrected chi connectivity index (χ0v) is 12.5. The molecule has 0 radical (unpaired) electrons. The summed E-state index contributed by atoms with van der Waals surface area (Å²) >= 11 is 5.97. The van der Waals surface area contributed by atoms with Gasteiger partial charge in [0.2, 0.25) is 0 Å². The van der Waals surface area contributed by atoms with E-state index in [1.807, 2.05) is 25.1 Å². The van der Waals surface area contributed by atoms with Crippen LogP contribution in [0.3, 0.4) is 0 Å². The van der Waals surface area contributed by atoms with Crippen LogP contribution in [0.2, 0.25) is 5.02 Å². The van der Waals surface area contributed by atoms with Crippen molar-refractivity contribution in [3.8, 4) is 5.75 Å². The maximum absolute atomic E-state index is 5.97. The maximum Gasteiger partial charge on any atom is 0.191 e. The lowest BCUT2D eigenvalue weighted by Gasteiger charge is -2.14. The van der Waals surface area contributed by atoms with E-state index in [0.29, 0.717) is 18.2 Å². The molecular weight excluding hydrogens is 262 g/mol. The van der Waals surface area contributed by atoms with E-state index >= 15 is 0 Å². The Labute approximate surface area is 120 Å². The molecule has 0 saturated carbocycles. The molecule has 19 heavy (non-hydrogen) atoms. The van der Waals surface area contributed by atoms with Crippen molar-refractivity contribution in [3.05, 3.63) is 28.8 Å². The van der Waals surface area contributed by atoms with Crippen LogP contribution in [0.25, 0.3) is 0 Å². The second-order valence-electron chi connectivity index (χ2n) is 4.04. The molecule has 0 spiro atoms. The minimum Gasteiger partial charge on any atom is -0.493 e. The Hall–Kier alpha value is -1.42. The van der Waals surface area contributed by atoms with Crippen molar-refractivity contribution in [2.75, 3.05) is 20.2 Å². The van der Waals surface area contributed by atoms with Crippen LogP contribution in [-0.2, 0) is 6.54 Å². The van der Waals surface area contributed by atoms with E-state index in [1.54, 1.807) is 7.05 Å². The van der Waals surface area contributed by atoms with Gasteiger partial charge in [0.15, 0.2) is 5.96 Å². The fraction of sp³-hybridized carbons (Fsp3) is 0.500. The lowest BCUT2D eigenvalue weighted by molar-refractivity contribution is 0.336. The van der Waals surface area contributed by atoms with Gasteiger partial charge in [-0.2, -0.15) is 0 Å². The van der Waals surface area contributed by atoms with Gasteiger partial charge in [-0.25, -0.2) is 0 Å². The van der Waals surface area contributed by atoms with Crippen LogP contribution in [0.5, 0.6) is 5.75 Å². The van der Waals surface area contributed by atoms with Crippen molar-refractivity contribution in [1.82, 2.24) is 10.6 Å². The Kier molecular flexibility index (Phi) is 7.11. The minimum absolute atomic E-state index is 0.621. The molecule has 1 aromatic rings. The van der Waals surface area contributed by atoms with Crippen LogP contribution in [0.4, 0.5) is 0 Å². The monoisotopic (exact) mass is 283 g/mol. The summed E-state index contributed by atoms with van der Waals surface area (Å²) in [6.45, 7) is 6.25. The number of hydrogen-bond acceptors (Lipinski definition) is 2. The van der Waals surface area contributed by atoms with Gasteiger partial charge < -0.3 is 15.4 Å². The molecule has 0 fully saturated rings. The van der Waals surface area contributed by atoms with E-state index in [9.17, 15) is 0 Å². The molecule has 0 aliphatic carbocycles. The number of nitrogens with zero attached hydrogens (tertiary/aromatic N) is 1. The van der Waals surface area contributed by atoms with Crippen LogP contribution in [0.15, 0.2) is 23.2 Å². The third-order valence-electron chi connectivity index (χ3n) is 2.54. The molecule has 0 saturated heterocycles. The van der Waals surface area contributed by atoms with Crippen molar-refractivity contribution in [2.24, 2.45) is 4.99 Å². The molecule has 1 aromatic carbocycles. The van der Waals surface area contributed by atoms with Crippen LogP contribution in [0.1, 0.15) is 25.8 Å². The molecule has 0 aliphatic rings. The number of guanidine groups is 1. The normalized spacial score (nSPS) is 11.3. The Morgan fingerprint density at radius 2 is 2.11 bits per heavy atom. The summed E-state index contributed by atoms with van der Waals surface area (Å²) in [4.78, 5) is 4.16. The van der Waals surface area contributed by atoms with E-state index in [4.69, 9.17) is 16.3 Å². The Morgan fingerprint density at radius 3 is 2.74 bits per heavy atom. The molecule has 2 N–H and O–H groups in total. The first kappa shape index (κ1) is 15.6. The maximum atomic E-state index is 5.97. The highest BCUT2D eigenvalue weighted by Gasteiger charge is 2.05. The number of ether oxygens (including phenoxy) is 1. The molecule has 0 bridgehead atoms. The summed E-state index contributed by atoms with van der Waals surface area (Å²) in [7, 11) is 1.76. The molecular formula is C14H22ClN3O. The topological polar surface area (TPSA) is 45.7 Å². The minimum atomic E-state index is 0.621. The van der Waals surface area contributed by atoms with Gasteiger partial charge in [0.1, 0.15) is 5.75 Å². The number of halogens is 1. The predicted molar refractivity (Wildman–Crippen MR) is 81.1 cm³/mol. The van der Waals surface area contributed by atoms with E-state index in [1.165, 1.54) is 0 Å². The van der Waals surface area contributed by atoms with Gasteiger partial charge in [-0.05, 0) is 25.5 Å². The summed E-state index contributed by atoms with van der Waals surface area (Å²) in [5, 5.41) is 7.16. The number of nitrogens with one attached hydrogen (secondary N) is 2. The van der Waals surface area contributed by atoms with E-state index in [-0.39, 0.29) is 0 Å². The highest BCUT2D eigenvalue weighted by atomic mass is 35.5. The predicted octanol–water partition coefficient (Wildman–Crippen LogP) is 2.81. The van der Waals surface area contributed by atoms with Gasteiger partial charge in [0.05, 0.1) is 6.61 Å². The third kappa shape index (κ3) is 5.39. The van der Waals surface area contributed by atoms with Crippen molar-refractivity contribution in [3.63, 3.8) is 0 Å². The standard InChI is InChI=1S/C14H22ClN3O/c1-4-8-17-14(16-3)18-10-11-6-7-12(15)9-13(11)19-5-2/h6-7,9H,4-5,8,10H2,1-3H3,(H2,16,17,18). The zero-order valence-electron chi connectivity index (χ0n) is 11.8. The van der Waals surface area contributed by atoms with Crippen molar-refractivity contribution >= 4 is 17.6 Å². The third-order valence-corrected chi connectivity index (χ3v) is 2.78.